The summed E-state index contributed by atoms with van der Waals surface area (Å²) in [6.07, 6.45) is 2.10. The summed E-state index contributed by atoms with van der Waals surface area (Å²) in [5.74, 6) is 0. The SMILES string of the molecule is CCN(CC(N)(CC)CC)C(C)CN(C)C. The number of hydrogen-bond donors (Lipinski definition) is 1. The van der Waals surface area contributed by atoms with Crippen molar-refractivity contribution in [2.45, 2.75) is 52.1 Å². The molecule has 0 heterocycles. The van der Waals surface area contributed by atoms with Crippen LogP contribution in [-0.2, 0) is 0 Å². The Bertz CT molecular complexity index is 176. The van der Waals surface area contributed by atoms with E-state index in [1.165, 1.54) is 0 Å². The van der Waals surface area contributed by atoms with E-state index < -0.39 is 0 Å². The van der Waals surface area contributed by atoms with Crippen LogP contribution in [0.3, 0.4) is 0 Å². The Morgan fingerprint density at radius 3 is 1.94 bits per heavy atom. The molecule has 0 spiro atoms. The molecule has 0 saturated heterocycles. The van der Waals surface area contributed by atoms with Crippen LogP contribution in [0.5, 0.6) is 0 Å². The van der Waals surface area contributed by atoms with Gasteiger partial charge in [0.05, 0.1) is 0 Å². The lowest BCUT2D eigenvalue weighted by Crippen LogP contribution is -2.53. The van der Waals surface area contributed by atoms with Gasteiger partial charge in [-0.25, -0.2) is 0 Å². The Hall–Kier alpha value is -0.120. The van der Waals surface area contributed by atoms with E-state index in [9.17, 15) is 0 Å². The molecule has 3 nitrogen and oxygen atoms in total. The summed E-state index contributed by atoms with van der Waals surface area (Å²) >= 11 is 0. The molecule has 1 unspecified atom stereocenters. The molecule has 0 aromatic carbocycles. The summed E-state index contributed by atoms with van der Waals surface area (Å²) in [5, 5.41) is 0. The standard InChI is InChI=1S/C13H31N3/c1-7-13(14,8-2)11-16(9-3)12(4)10-15(5)6/h12H,7-11,14H2,1-6H3. The second-order valence-corrected chi connectivity index (χ2v) is 5.24. The molecule has 16 heavy (non-hydrogen) atoms. The molecule has 0 saturated carbocycles. The van der Waals surface area contributed by atoms with Crippen molar-refractivity contribution in [3.05, 3.63) is 0 Å². The maximum Gasteiger partial charge on any atom is 0.0278 e. The average Bonchev–Trinajstić information content (AvgIpc) is 2.24. The molecule has 0 rings (SSSR count). The molecule has 0 fully saturated rings. The molecule has 0 aliphatic carbocycles. The van der Waals surface area contributed by atoms with Crippen LogP contribution < -0.4 is 5.73 Å². The Morgan fingerprint density at radius 1 is 1.12 bits per heavy atom. The monoisotopic (exact) mass is 229 g/mol. The lowest BCUT2D eigenvalue weighted by molar-refractivity contribution is 0.139. The van der Waals surface area contributed by atoms with Crippen molar-refractivity contribution in [1.82, 2.24) is 9.80 Å². The second-order valence-electron chi connectivity index (χ2n) is 5.24. The van der Waals surface area contributed by atoms with Crippen LogP contribution in [0, 0.1) is 0 Å². The van der Waals surface area contributed by atoms with Gasteiger partial charge in [0.1, 0.15) is 0 Å². The van der Waals surface area contributed by atoms with Crippen LogP contribution >= 0.6 is 0 Å². The zero-order valence-electron chi connectivity index (χ0n) is 12.1. The van der Waals surface area contributed by atoms with E-state index in [-0.39, 0.29) is 5.54 Å². The number of nitrogens with zero attached hydrogens (tertiary/aromatic N) is 2. The molecule has 0 aliphatic rings. The predicted octanol–water partition coefficient (Wildman–Crippen LogP) is 1.78. The van der Waals surface area contributed by atoms with E-state index >= 15 is 0 Å². The average molecular weight is 229 g/mol. The van der Waals surface area contributed by atoms with Gasteiger partial charge in [0.2, 0.25) is 0 Å². The van der Waals surface area contributed by atoms with Crippen molar-refractivity contribution < 1.29 is 0 Å². The lowest BCUT2D eigenvalue weighted by Gasteiger charge is -2.37. The van der Waals surface area contributed by atoms with Gasteiger partial charge in [-0.2, -0.15) is 0 Å². The molecular weight excluding hydrogens is 198 g/mol. The van der Waals surface area contributed by atoms with Crippen molar-refractivity contribution in [2.75, 3.05) is 33.7 Å². The first-order valence-corrected chi connectivity index (χ1v) is 6.56. The van der Waals surface area contributed by atoms with Crippen LogP contribution in [0.25, 0.3) is 0 Å². The normalized spacial score (nSPS) is 14.8. The molecule has 0 aliphatic heterocycles. The van der Waals surface area contributed by atoms with E-state index in [1.54, 1.807) is 0 Å². The van der Waals surface area contributed by atoms with Gasteiger partial charge in [0, 0.05) is 24.7 Å². The fourth-order valence-corrected chi connectivity index (χ4v) is 2.10. The third-order valence-electron chi connectivity index (χ3n) is 3.59. The predicted molar refractivity (Wildman–Crippen MR) is 72.8 cm³/mol. The van der Waals surface area contributed by atoms with Crippen molar-refractivity contribution in [1.29, 1.82) is 0 Å². The maximum absolute atomic E-state index is 6.39. The minimum absolute atomic E-state index is 0.0173. The minimum Gasteiger partial charge on any atom is -0.324 e. The van der Waals surface area contributed by atoms with Gasteiger partial charge in [-0.3, -0.25) is 4.90 Å². The Morgan fingerprint density at radius 2 is 1.62 bits per heavy atom. The number of nitrogens with two attached hydrogens (primary N) is 1. The molecular formula is C13H31N3. The number of rotatable bonds is 8. The quantitative estimate of drug-likeness (QED) is 0.688. The highest BCUT2D eigenvalue weighted by molar-refractivity contribution is 4.86. The van der Waals surface area contributed by atoms with Gasteiger partial charge in [-0.1, -0.05) is 20.8 Å². The van der Waals surface area contributed by atoms with Gasteiger partial charge >= 0.3 is 0 Å². The summed E-state index contributed by atoms with van der Waals surface area (Å²) in [5.41, 5.74) is 6.37. The van der Waals surface area contributed by atoms with Gasteiger partial charge < -0.3 is 10.6 Å². The van der Waals surface area contributed by atoms with E-state index in [2.05, 4.69) is 51.6 Å². The first kappa shape index (κ1) is 15.9. The summed E-state index contributed by atoms with van der Waals surface area (Å²) < 4.78 is 0. The smallest absolute Gasteiger partial charge is 0.0278 e. The molecule has 0 amide bonds. The van der Waals surface area contributed by atoms with Crippen LogP contribution in [0.2, 0.25) is 0 Å². The summed E-state index contributed by atoms with van der Waals surface area (Å²) in [7, 11) is 4.25. The fraction of sp³-hybridized carbons (Fsp3) is 1.00. The minimum atomic E-state index is -0.0173. The van der Waals surface area contributed by atoms with Crippen LogP contribution in [0.15, 0.2) is 0 Å². The van der Waals surface area contributed by atoms with Gasteiger partial charge in [-0.15, -0.1) is 0 Å². The first-order chi connectivity index (χ1) is 7.38. The van der Waals surface area contributed by atoms with Gasteiger partial charge in [0.25, 0.3) is 0 Å². The molecule has 3 heteroatoms. The van der Waals surface area contributed by atoms with Crippen LogP contribution in [0.4, 0.5) is 0 Å². The highest BCUT2D eigenvalue weighted by Gasteiger charge is 2.25. The zero-order chi connectivity index (χ0) is 12.8. The van der Waals surface area contributed by atoms with Gasteiger partial charge in [-0.05, 0) is 40.4 Å². The lowest BCUT2D eigenvalue weighted by atomic mass is 9.93. The Kier molecular flexibility index (Phi) is 7.20. The second kappa shape index (κ2) is 7.25. The van der Waals surface area contributed by atoms with Crippen molar-refractivity contribution in [2.24, 2.45) is 5.73 Å². The molecule has 0 aromatic rings. The molecule has 1 atom stereocenters. The molecule has 0 bridgehead atoms. The third kappa shape index (κ3) is 5.28. The fourth-order valence-electron chi connectivity index (χ4n) is 2.10. The Labute approximate surface area is 102 Å². The van der Waals surface area contributed by atoms with Crippen molar-refractivity contribution >= 4 is 0 Å². The molecule has 98 valence electrons. The Balaban J connectivity index is 4.38. The molecule has 0 radical (unpaired) electrons. The maximum atomic E-state index is 6.39. The van der Waals surface area contributed by atoms with Crippen molar-refractivity contribution in [3.63, 3.8) is 0 Å². The first-order valence-electron chi connectivity index (χ1n) is 6.56. The van der Waals surface area contributed by atoms with Gasteiger partial charge in [0.15, 0.2) is 0 Å². The topological polar surface area (TPSA) is 32.5 Å². The highest BCUT2D eigenvalue weighted by atomic mass is 15.2. The molecule has 0 aromatic heterocycles. The van der Waals surface area contributed by atoms with E-state index in [4.69, 9.17) is 5.73 Å². The highest BCUT2D eigenvalue weighted by Crippen LogP contribution is 2.15. The zero-order valence-corrected chi connectivity index (χ0v) is 12.1. The number of likely N-dealkylation sites (N-methyl/N-ethyl adjacent to an activating group) is 2. The van der Waals surface area contributed by atoms with E-state index in [1.807, 2.05) is 0 Å². The summed E-state index contributed by atoms with van der Waals surface area (Å²) in [6.45, 7) is 12.1. The summed E-state index contributed by atoms with van der Waals surface area (Å²) in [4.78, 5) is 4.73. The van der Waals surface area contributed by atoms with Crippen LogP contribution in [0.1, 0.15) is 40.5 Å². The van der Waals surface area contributed by atoms with E-state index in [0.717, 1.165) is 32.5 Å². The van der Waals surface area contributed by atoms with Crippen molar-refractivity contribution in [3.8, 4) is 0 Å². The largest absolute Gasteiger partial charge is 0.324 e. The third-order valence-corrected chi connectivity index (χ3v) is 3.59. The van der Waals surface area contributed by atoms with Crippen LogP contribution in [-0.4, -0.2) is 55.1 Å². The molecule has 2 N–H and O–H groups in total. The van der Waals surface area contributed by atoms with E-state index in [0.29, 0.717) is 6.04 Å². The number of hydrogen-bond acceptors (Lipinski definition) is 3. The summed E-state index contributed by atoms with van der Waals surface area (Å²) in [6, 6.07) is 0.570.